The fraction of sp³-hybridized carbons (Fsp3) is 0.462. The zero-order chi connectivity index (χ0) is 12.9. The van der Waals surface area contributed by atoms with Crippen molar-refractivity contribution in [2.24, 2.45) is 0 Å². The lowest BCUT2D eigenvalue weighted by Crippen LogP contribution is -2.29. The molecule has 4 heteroatoms. The van der Waals surface area contributed by atoms with E-state index in [9.17, 15) is 4.79 Å². The van der Waals surface area contributed by atoms with Crippen molar-refractivity contribution in [1.82, 2.24) is 0 Å². The summed E-state index contributed by atoms with van der Waals surface area (Å²) in [7, 11) is 1.58. The van der Waals surface area contributed by atoms with Crippen LogP contribution in [-0.2, 0) is 4.79 Å². The van der Waals surface area contributed by atoms with Crippen molar-refractivity contribution in [2.45, 2.75) is 32.3 Å². The standard InChI is InChI=1S/C13H18O4/c1-13(2,9-8-12(14)15)17-11-7-5-4-6-10(11)16-3/h4-7H,8-9H2,1-3H3,(H,14,15). The van der Waals surface area contributed by atoms with E-state index in [1.807, 2.05) is 32.0 Å². The fourth-order valence-electron chi connectivity index (χ4n) is 1.46. The van der Waals surface area contributed by atoms with E-state index in [1.165, 1.54) is 0 Å². The number of methoxy groups -OCH3 is 1. The molecular weight excluding hydrogens is 220 g/mol. The minimum absolute atomic E-state index is 0.0855. The Balaban J connectivity index is 2.71. The number of benzene rings is 1. The van der Waals surface area contributed by atoms with Crippen molar-refractivity contribution in [3.8, 4) is 11.5 Å². The molecule has 0 unspecified atom stereocenters. The highest BCUT2D eigenvalue weighted by Crippen LogP contribution is 2.30. The maximum atomic E-state index is 10.5. The number of ether oxygens (including phenoxy) is 2. The maximum Gasteiger partial charge on any atom is 0.303 e. The van der Waals surface area contributed by atoms with Crippen LogP contribution in [0.3, 0.4) is 0 Å². The average Bonchev–Trinajstić information content (AvgIpc) is 2.27. The molecule has 0 aliphatic carbocycles. The smallest absolute Gasteiger partial charge is 0.303 e. The molecule has 1 aromatic carbocycles. The van der Waals surface area contributed by atoms with Gasteiger partial charge in [0.2, 0.25) is 0 Å². The molecule has 0 saturated carbocycles. The van der Waals surface area contributed by atoms with Crippen LogP contribution in [0.1, 0.15) is 26.7 Å². The predicted octanol–water partition coefficient (Wildman–Crippen LogP) is 2.72. The Morgan fingerprint density at radius 2 is 1.88 bits per heavy atom. The number of rotatable bonds is 6. The summed E-state index contributed by atoms with van der Waals surface area (Å²) < 4.78 is 11.0. The Kier molecular flexibility index (Phi) is 4.37. The number of carbonyl (C=O) groups is 1. The third-order valence-electron chi connectivity index (χ3n) is 2.40. The highest BCUT2D eigenvalue weighted by Gasteiger charge is 2.22. The van der Waals surface area contributed by atoms with Gasteiger partial charge in [-0.2, -0.15) is 0 Å². The van der Waals surface area contributed by atoms with Crippen LogP contribution in [0.25, 0.3) is 0 Å². The Labute approximate surface area is 101 Å². The van der Waals surface area contributed by atoms with E-state index in [2.05, 4.69) is 0 Å². The molecule has 1 rings (SSSR count). The number of hydrogen-bond acceptors (Lipinski definition) is 3. The molecule has 0 heterocycles. The van der Waals surface area contributed by atoms with E-state index in [0.717, 1.165) is 0 Å². The molecule has 0 bridgehead atoms. The molecule has 1 N–H and O–H groups in total. The minimum atomic E-state index is -0.818. The van der Waals surface area contributed by atoms with Crippen LogP contribution >= 0.6 is 0 Å². The molecule has 0 spiro atoms. The third-order valence-corrected chi connectivity index (χ3v) is 2.40. The summed E-state index contributed by atoms with van der Waals surface area (Å²) in [6.45, 7) is 3.73. The van der Waals surface area contributed by atoms with Gasteiger partial charge in [0.1, 0.15) is 5.60 Å². The molecule has 0 aliphatic rings. The van der Waals surface area contributed by atoms with Crippen LogP contribution < -0.4 is 9.47 Å². The normalized spacial score (nSPS) is 11.0. The van der Waals surface area contributed by atoms with Gasteiger partial charge in [0.25, 0.3) is 0 Å². The second-order valence-corrected chi connectivity index (χ2v) is 4.41. The minimum Gasteiger partial charge on any atom is -0.493 e. The van der Waals surface area contributed by atoms with Crippen molar-refractivity contribution in [3.63, 3.8) is 0 Å². The lowest BCUT2D eigenvalue weighted by Gasteiger charge is -2.26. The topological polar surface area (TPSA) is 55.8 Å². The first-order valence-corrected chi connectivity index (χ1v) is 5.48. The van der Waals surface area contributed by atoms with Gasteiger partial charge in [-0.3, -0.25) is 4.79 Å². The molecule has 0 radical (unpaired) electrons. The number of hydrogen-bond donors (Lipinski definition) is 1. The van der Waals surface area contributed by atoms with E-state index in [-0.39, 0.29) is 6.42 Å². The molecule has 0 saturated heterocycles. The molecule has 0 amide bonds. The van der Waals surface area contributed by atoms with E-state index >= 15 is 0 Å². The molecule has 0 aromatic heterocycles. The van der Waals surface area contributed by atoms with Gasteiger partial charge in [-0.1, -0.05) is 12.1 Å². The Bertz CT molecular complexity index is 385. The van der Waals surface area contributed by atoms with Crippen molar-refractivity contribution in [1.29, 1.82) is 0 Å². The Morgan fingerprint density at radius 1 is 1.29 bits per heavy atom. The van der Waals surface area contributed by atoms with Gasteiger partial charge in [-0.05, 0) is 32.4 Å². The largest absolute Gasteiger partial charge is 0.493 e. The van der Waals surface area contributed by atoms with Gasteiger partial charge in [0, 0.05) is 6.42 Å². The van der Waals surface area contributed by atoms with Gasteiger partial charge in [-0.25, -0.2) is 0 Å². The summed E-state index contributed by atoms with van der Waals surface area (Å²) >= 11 is 0. The average molecular weight is 238 g/mol. The van der Waals surface area contributed by atoms with Crippen molar-refractivity contribution >= 4 is 5.97 Å². The van der Waals surface area contributed by atoms with Gasteiger partial charge < -0.3 is 14.6 Å². The molecule has 1 aromatic rings. The molecule has 0 fully saturated rings. The first-order valence-electron chi connectivity index (χ1n) is 5.48. The molecular formula is C13H18O4. The summed E-state index contributed by atoms with van der Waals surface area (Å²) in [5.74, 6) is 0.461. The number of carboxylic acid groups (broad SMARTS) is 1. The molecule has 0 aliphatic heterocycles. The van der Waals surface area contributed by atoms with Gasteiger partial charge in [-0.15, -0.1) is 0 Å². The summed E-state index contributed by atoms with van der Waals surface area (Å²) in [5.41, 5.74) is -0.535. The lowest BCUT2D eigenvalue weighted by molar-refractivity contribution is -0.138. The van der Waals surface area contributed by atoms with Crippen LogP contribution in [0.15, 0.2) is 24.3 Å². The third kappa shape index (κ3) is 4.34. The fourth-order valence-corrected chi connectivity index (χ4v) is 1.46. The Hall–Kier alpha value is -1.71. The van der Waals surface area contributed by atoms with Gasteiger partial charge >= 0.3 is 5.97 Å². The van der Waals surface area contributed by atoms with Crippen molar-refractivity contribution in [2.75, 3.05) is 7.11 Å². The molecule has 94 valence electrons. The second kappa shape index (κ2) is 5.57. The van der Waals surface area contributed by atoms with Crippen LogP contribution in [-0.4, -0.2) is 23.8 Å². The summed E-state index contributed by atoms with van der Waals surface area (Å²) in [5, 5.41) is 8.66. The summed E-state index contributed by atoms with van der Waals surface area (Å²) in [4.78, 5) is 10.5. The van der Waals surface area contributed by atoms with E-state index in [1.54, 1.807) is 13.2 Å². The van der Waals surface area contributed by atoms with Crippen molar-refractivity contribution < 1.29 is 19.4 Å². The zero-order valence-electron chi connectivity index (χ0n) is 10.4. The van der Waals surface area contributed by atoms with Crippen molar-refractivity contribution in [3.05, 3.63) is 24.3 Å². The summed E-state index contributed by atoms with van der Waals surface area (Å²) in [6.07, 6.45) is 0.530. The first kappa shape index (κ1) is 13.4. The van der Waals surface area contributed by atoms with Crippen LogP contribution in [0.5, 0.6) is 11.5 Å². The predicted molar refractivity (Wildman–Crippen MR) is 64.6 cm³/mol. The molecule has 0 atom stereocenters. The number of aliphatic carboxylic acids is 1. The zero-order valence-corrected chi connectivity index (χ0v) is 10.4. The first-order chi connectivity index (χ1) is 7.94. The van der Waals surface area contributed by atoms with E-state index < -0.39 is 11.6 Å². The molecule has 4 nitrogen and oxygen atoms in total. The summed E-state index contributed by atoms with van der Waals surface area (Å²) in [6, 6.07) is 7.32. The Morgan fingerprint density at radius 3 is 2.41 bits per heavy atom. The van der Waals surface area contributed by atoms with E-state index in [4.69, 9.17) is 14.6 Å². The van der Waals surface area contributed by atoms with E-state index in [0.29, 0.717) is 17.9 Å². The highest BCUT2D eigenvalue weighted by atomic mass is 16.5. The second-order valence-electron chi connectivity index (χ2n) is 4.41. The lowest BCUT2D eigenvalue weighted by atomic mass is 10.0. The number of para-hydroxylation sites is 2. The maximum absolute atomic E-state index is 10.5. The SMILES string of the molecule is COc1ccccc1OC(C)(C)CCC(=O)O. The monoisotopic (exact) mass is 238 g/mol. The number of carboxylic acids is 1. The van der Waals surface area contributed by atoms with Gasteiger partial charge in [0.05, 0.1) is 7.11 Å². The van der Waals surface area contributed by atoms with Crippen LogP contribution in [0, 0.1) is 0 Å². The molecule has 17 heavy (non-hydrogen) atoms. The quantitative estimate of drug-likeness (QED) is 0.827. The van der Waals surface area contributed by atoms with Crippen LogP contribution in [0.2, 0.25) is 0 Å². The highest BCUT2D eigenvalue weighted by molar-refractivity contribution is 5.66. The van der Waals surface area contributed by atoms with Gasteiger partial charge in [0.15, 0.2) is 11.5 Å². The van der Waals surface area contributed by atoms with Crippen LogP contribution in [0.4, 0.5) is 0 Å².